The van der Waals surface area contributed by atoms with Gasteiger partial charge in [-0.1, -0.05) is 0 Å². The fourth-order valence-electron chi connectivity index (χ4n) is 3.06. The van der Waals surface area contributed by atoms with E-state index in [1.54, 1.807) is 45.4 Å². The first-order valence-electron chi connectivity index (χ1n) is 7.90. The van der Waals surface area contributed by atoms with Crippen LogP contribution in [0, 0.1) is 0 Å². The van der Waals surface area contributed by atoms with Crippen molar-refractivity contribution in [3.8, 4) is 5.82 Å². The Morgan fingerprint density at radius 3 is 2.79 bits per heavy atom. The maximum atomic E-state index is 12.2. The van der Waals surface area contributed by atoms with Crippen molar-refractivity contribution in [2.45, 2.75) is 37.8 Å². The minimum absolute atomic E-state index is 0.0739. The lowest BCUT2D eigenvalue weighted by atomic mass is 9.91. The van der Waals surface area contributed by atoms with Gasteiger partial charge in [0, 0.05) is 23.7 Å². The molecule has 1 saturated carbocycles. The van der Waals surface area contributed by atoms with E-state index in [-0.39, 0.29) is 11.6 Å². The number of nitrogens with zero attached hydrogens (tertiary/aromatic N) is 6. The summed E-state index contributed by atoms with van der Waals surface area (Å²) in [5.74, 6) is 0.607. The highest BCUT2D eigenvalue weighted by Crippen LogP contribution is 2.29. The Morgan fingerprint density at radius 1 is 1.21 bits per heavy atom. The second-order valence-electron chi connectivity index (χ2n) is 5.80. The summed E-state index contributed by atoms with van der Waals surface area (Å²) in [6, 6.07) is 3.74. The topological polar surface area (TPSA) is 90.5 Å². The number of thiazole rings is 1. The molecule has 9 heteroatoms. The third kappa shape index (κ3) is 3.07. The van der Waals surface area contributed by atoms with E-state index in [0.717, 1.165) is 30.8 Å². The maximum absolute atomic E-state index is 12.2. The molecule has 0 amide bonds. The average molecular weight is 343 g/mol. The van der Waals surface area contributed by atoms with Crippen molar-refractivity contribution in [2.24, 2.45) is 0 Å². The van der Waals surface area contributed by atoms with Crippen LogP contribution in [-0.2, 0) is 0 Å². The van der Waals surface area contributed by atoms with Crippen LogP contribution >= 0.6 is 11.3 Å². The van der Waals surface area contributed by atoms with Crippen LogP contribution in [0.5, 0.6) is 0 Å². The molecule has 24 heavy (non-hydrogen) atoms. The number of aromatic nitrogens is 6. The standard InChI is InChI=1S/C15H17N7OS/c23-14-6-5-13(21-10-16-9-18-21)20-22(14)12-3-1-11(2-4-12)19-15-17-7-8-24-15/h5-12H,1-4H2,(H,17,19). The van der Waals surface area contributed by atoms with Crippen molar-refractivity contribution >= 4 is 16.5 Å². The molecule has 0 unspecified atom stereocenters. The van der Waals surface area contributed by atoms with Gasteiger partial charge in [0.2, 0.25) is 0 Å². The zero-order valence-electron chi connectivity index (χ0n) is 12.9. The monoisotopic (exact) mass is 343 g/mol. The van der Waals surface area contributed by atoms with Gasteiger partial charge in [-0.3, -0.25) is 4.79 Å². The van der Waals surface area contributed by atoms with Crippen molar-refractivity contribution < 1.29 is 0 Å². The third-order valence-corrected chi connectivity index (χ3v) is 4.97. The highest BCUT2D eigenvalue weighted by molar-refractivity contribution is 7.13. The predicted molar refractivity (Wildman–Crippen MR) is 90.4 cm³/mol. The predicted octanol–water partition coefficient (Wildman–Crippen LogP) is 1.88. The molecule has 1 fully saturated rings. The third-order valence-electron chi connectivity index (χ3n) is 4.27. The molecule has 3 aromatic heterocycles. The van der Waals surface area contributed by atoms with E-state index in [4.69, 9.17) is 0 Å². The molecular formula is C15H17N7OS. The van der Waals surface area contributed by atoms with Crippen LogP contribution in [0.15, 0.2) is 41.2 Å². The molecule has 3 aromatic rings. The molecule has 0 atom stereocenters. The van der Waals surface area contributed by atoms with Crippen LogP contribution in [-0.4, -0.2) is 35.6 Å². The number of hydrogen-bond acceptors (Lipinski definition) is 7. The van der Waals surface area contributed by atoms with Crippen LogP contribution in [0.25, 0.3) is 5.82 Å². The van der Waals surface area contributed by atoms with Gasteiger partial charge in [-0.05, 0) is 31.7 Å². The van der Waals surface area contributed by atoms with E-state index >= 15 is 0 Å². The average Bonchev–Trinajstić information content (AvgIpc) is 3.30. The summed E-state index contributed by atoms with van der Waals surface area (Å²) in [6.07, 6.45) is 8.64. The van der Waals surface area contributed by atoms with E-state index < -0.39 is 0 Å². The van der Waals surface area contributed by atoms with Gasteiger partial charge in [0.15, 0.2) is 10.9 Å². The molecular weight excluding hydrogens is 326 g/mol. The van der Waals surface area contributed by atoms with Crippen LogP contribution in [0.1, 0.15) is 31.7 Å². The SMILES string of the molecule is O=c1ccc(-n2cncn2)nn1C1CCC(Nc2nccs2)CC1. The highest BCUT2D eigenvalue weighted by Gasteiger charge is 2.24. The second kappa shape index (κ2) is 6.52. The number of nitrogens with one attached hydrogen (secondary N) is 1. The zero-order chi connectivity index (χ0) is 16.4. The van der Waals surface area contributed by atoms with E-state index in [2.05, 4.69) is 25.5 Å². The minimum Gasteiger partial charge on any atom is -0.359 e. The van der Waals surface area contributed by atoms with Crippen molar-refractivity contribution in [3.05, 3.63) is 46.7 Å². The molecule has 0 spiro atoms. The highest BCUT2D eigenvalue weighted by atomic mass is 32.1. The quantitative estimate of drug-likeness (QED) is 0.778. The molecule has 1 aliphatic carbocycles. The van der Waals surface area contributed by atoms with Crippen LogP contribution < -0.4 is 10.9 Å². The Hall–Kier alpha value is -2.55. The first-order valence-corrected chi connectivity index (χ1v) is 8.78. The van der Waals surface area contributed by atoms with E-state index in [1.165, 1.54) is 6.33 Å². The van der Waals surface area contributed by atoms with Gasteiger partial charge in [0.1, 0.15) is 12.7 Å². The van der Waals surface area contributed by atoms with Crippen molar-refractivity contribution in [1.82, 2.24) is 29.5 Å². The molecule has 4 rings (SSSR count). The minimum atomic E-state index is -0.0739. The maximum Gasteiger partial charge on any atom is 0.267 e. The molecule has 8 nitrogen and oxygen atoms in total. The van der Waals surface area contributed by atoms with Crippen LogP contribution in [0.2, 0.25) is 0 Å². The Kier molecular flexibility index (Phi) is 4.08. The Morgan fingerprint density at radius 2 is 2.08 bits per heavy atom. The molecule has 0 radical (unpaired) electrons. The van der Waals surface area contributed by atoms with Crippen LogP contribution in [0.4, 0.5) is 5.13 Å². The Labute approximate surface area is 142 Å². The number of hydrogen-bond donors (Lipinski definition) is 1. The fourth-order valence-corrected chi connectivity index (χ4v) is 3.67. The summed E-state index contributed by atoms with van der Waals surface area (Å²) in [5, 5.41) is 14.9. The normalized spacial score (nSPS) is 20.8. The van der Waals surface area contributed by atoms with Crippen molar-refractivity contribution in [2.75, 3.05) is 5.32 Å². The number of rotatable bonds is 4. The second-order valence-corrected chi connectivity index (χ2v) is 6.70. The largest absolute Gasteiger partial charge is 0.359 e. The smallest absolute Gasteiger partial charge is 0.267 e. The van der Waals surface area contributed by atoms with Crippen LogP contribution in [0.3, 0.4) is 0 Å². The fraction of sp³-hybridized carbons (Fsp3) is 0.400. The first-order chi connectivity index (χ1) is 11.8. The van der Waals surface area contributed by atoms with Gasteiger partial charge in [0.25, 0.3) is 5.56 Å². The van der Waals surface area contributed by atoms with Crippen molar-refractivity contribution in [1.29, 1.82) is 0 Å². The van der Waals surface area contributed by atoms with Gasteiger partial charge in [-0.2, -0.15) is 5.10 Å². The van der Waals surface area contributed by atoms with E-state index in [9.17, 15) is 4.79 Å². The first kappa shape index (κ1) is 15.0. The molecule has 0 bridgehead atoms. The Balaban J connectivity index is 1.47. The molecule has 1 N–H and O–H groups in total. The number of anilines is 1. The zero-order valence-corrected chi connectivity index (χ0v) is 13.8. The summed E-state index contributed by atoms with van der Waals surface area (Å²) < 4.78 is 3.15. The summed E-state index contributed by atoms with van der Waals surface area (Å²) >= 11 is 1.61. The van der Waals surface area contributed by atoms with Crippen molar-refractivity contribution in [3.63, 3.8) is 0 Å². The van der Waals surface area contributed by atoms with Gasteiger partial charge < -0.3 is 5.32 Å². The van der Waals surface area contributed by atoms with Gasteiger partial charge >= 0.3 is 0 Å². The summed E-state index contributed by atoms with van der Waals surface area (Å²) in [5.41, 5.74) is -0.0739. The summed E-state index contributed by atoms with van der Waals surface area (Å²) in [4.78, 5) is 20.4. The lowest BCUT2D eigenvalue weighted by Gasteiger charge is -2.29. The molecule has 0 aromatic carbocycles. The van der Waals surface area contributed by atoms with E-state index in [1.807, 2.05) is 5.38 Å². The molecule has 124 valence electrons. The molecule has 0 aliphatic heterocycles. The van der Waals surface area contributed by atoms with Gasteiger partial charge in [-0.15, -0.1) is 16.4 Å². The lowest BCUT2D eigenvalue weighted by molar-refractivity contribution is 0.303. The molecule has 1 aliphatic rings. The van der Waals surface area contributed by atoms with E-state index in [0.29, 0.717) is 11.9 Å². The molecule has 3 heterocycles. The summed E-state index contributed by atoms with van der Waals surface area (Å²) in [6.45, 7) is 0. The van der Waals surface area contributed by atoms with Gasteiger partial charge in [0.05, 0.1) is 6.04 Å². The Bertz CT molecular complexity index is 835. The molecule has 0 saturated heterocycles. The lowest BCUT2D eigenvalue weighted by Crippen LogP contribution is -2.33. The summed E-state index contributed by atoms with van der Waals surface area (Å²) in [7, 11) is 0. The van der Waals surface area contributed by atoms with Gasteiger partial charge in [-0.25, -0.2) is 19.3 Å².